The van der Waals surface area contributed by atoms with Crippen LogP contribution < -0.4 is 19.9 Å². The molecule has 0 saturated carbocycles. The molecule has 2 aromatic rings. The standard InChI is InChI=1S/C19H21ClFN3O2/c1-26-18-5-3-2-4-17(18)24-10-8-23(9-11-24)13-19(25)22-16-7-6-14(21)12-15(16)20/h2-7,12H,8-11,13H2,1H3,(H,22,25)/p+1. The lowest BCUT2D eigenvalue weighted by Crippen LogP contribution is -3.15. The Balaban J connectivity index is 1.53. The lowest BCUT2D eigenvalue weighted by atomic mass is 10.2. The molecule has 1 saturated heterocycles. The van der Waals surface area contributed by atoms with Gasteiger partial charge in [-0.3, -0.25) is 4.79 Å². The highest BCUT2D eigenvalue weighted by Gasteiger charge is 2.24. The number of hydrogen-bond acceptors (Lipinski definition) is 3. The number of para-hydroxylation sites is 2. The zero-order valence-electron chi connectivity index (χ0n) is 14.6. The number of amides is 1. The highest BCUT2D eigenvalue weighted by molar-refractivity contribution is 6.33. The number of benzene rings is 2. The molecule has 3 rings (SSSR count). The molecule has 0 spiro atoms. The molecule has 2 N–H and O–H groups in total. The Morgan fingerprint density at radius 2 is 2.00 bits per heavy atom. The van der Waals surface area contributed by atoms with E-state index in [0.29, 0.717) is 12.2 Å². The lowest BCUT2D eigenvalue weighted by molar-refractivity contribution is -0.892. The molecular weight excluding hydrogens is 357 g/mol. The molecule has 26 heavy (non-hydrogen) atoms. The zero-order valence-corrected chi connectivity index (χ0v) is 15.4. The summed E-state index contributed by atoms with van der Waals surface area (Å²) < 4.78 is 18.5. The second kappa shape index (κ2) is 8.38. The number of anilines is 2. The maximum absolute atomic E-state index is 13.1. The molecule has 1 aliphatic rings. The quantitative estimate of drug-likeness (QED) is 0.834. The molecule has 7 heteroatoms. The van der Waals surface area contributed by atoms with Crippen molar-refractivity contribution in [1.29, 1.82) is 0 Å². The fourth-order valence-electron chi connectivity index (χ4n) is 3.14. The number of nitrogens with zero attached hydrogens (tertiary/aromatic N) is 1. The summed E-state index contributed by atoms with van der Waals surface area (Å²) in [5, 5.41) is 2.96. The Morgan fingerprint density at radius 3 is 2.69 bits per heavy atom. The number of carbonyl (C=O) groups is 1. The predicted molar refractivity (Wildman–Crippen MR) is 101 cm³/mol. The van der Waals surface area contributed by atoms with E-state index in [0.717, 1.165) is 37.6 Å². The number of halogens is 2. The van der Waals surface area contributed by atoms with Crippen LogP contribution in [0.4, 0.5) is 15.8 Å². The van der Waals surface area contributed by atoms with Gasteiger partial charge in [0.1, 0.15) is 11.6 Å². The van der Waals surface area contributed by atoms with Gasteiger partial charge in [0.25, 0.3) is 5.91 Å². The molecule has 0 bridgehead atoms. The van der Waals surface area contributed by atoms with Crippen LogP contribution in [0.1, 0.15) is 0 Å². The van der Waals surface area contributed by atoms with Crippen molar-refractivity contribution in [2.24, 2.45) is 0 Å². The molecule has 1 aliphatic heterocycles. The van der Waals surface area contributed by atoms with E-state index in [1.165, 1.54) is 23.1 Å². The second-order valence-corrected chi connectivity index (χ2v) is 6.67. The number of nitrogens with one attached hydrogen (secondary N) is 2. The molecule has 0 aliphatic carbocycles. The number of methoxy groups -OCH3 is 1. The van der Waals surface area contributed by atoms with E-state index in [2.05, 4.69) is 10.2 Å². The zero-order chi connectivity index (χ0) is 18.5. The first-order chi connectivity index (χ1) is 12.6. The minimum absolute atomic E-state index is 0.126. The van der Waals surface area contributed by atoms with Gasteiger partial charge in [-0.05, 0) is 30.3 Å². The molecule has 5 nitrogen and oxygen atoms in total. The topological polar surface area (TPSA) is 46.0 Å². The van der Waals surface area contributed by atoms with E-state index < -0.39 is 5.82 Å². The Labute approximate surface area is 157 Å². The normalized spacial score (nSPS) is 15.0. The molecule has 0 unspecified atom stereocenters. The highest BCUT2D eigenvalue weighted by Crippen LogP contribution is 2.27. The molecule has 1 amide bonds. The van der Waals surface area contributed by atoms with Gasteiger partial charge in [0.05, 0.1) is 49.7 Å². The summed E-state index contributed by atoms with van der Waals surface area (Å²) in [6.07, 6.45) is 0. The maximum atomic E-state index is 13.1. The van der Waals surface area contributed by atoms with Crippen molar-refractivity contribution < 1.29 is 18.8 Å². The summed E-state index contributed by atoms with van der Waals surface area (Å²) in [6, 6.07) is 11.9. The first-order valence-corrected chi connectivity index (χ1v) is 8.91. The average molecular weight is 379 g/mol. The molecule has 1 heterocycles. The highest BCUT2D eigenvalue weighted by atomic mass is 35.5. The van der Waals surface area contributed by atoms with Gasteiger partial charge in [-0.15, -0.1) is 0 Å². The Morgan fingerprint density at radius 1 is 1.27 bits per heavy atom. The summed E-state index contributed by atoms with van der Waals surface area (Å²) in [4.78, 5) is 15.7. The van der Waals surface area contributed by atoms with Crippen LogP contribution in [0.25, 0.3) is 0 Å². The van der Waals surface area contributed by atoms with Crippen LogP contribution in [-0.4, -0.2) is 45.7 Å². The second-order valence-electron chi connectivity index (χ2n) is 6.26. The third-order valence-electron chi connectivity index (χ3n) is 4.51. The van der Waals surface area contributed by atoms with Crippen LogP contribution in [0.2, 0.25) is 5.02 Å². The summed E-state index contributed by atoms with van der Waals surface area (Å²) in [5.74, 6) is 0.310. The fourth-order valence-corrected chi connectivity index (χ4v) is 3.36. The van der Waals surface area contributed by atoms with E-state index in [4.69, 9.17) is 16.3 Å². The number of hydrogen-bond donors (Lipinski definition) is 2. The van der Waals surface area contributed by atoms with Crippen molar-refractivity contribution in [3.8, 4) is 5.75 Å². The van der Waals surface area contributed by atoms with Gasteiger partial charge >= 0.3 is 0 Å². The summed E-state index contributed by atoms with van der Waals surface area (Å²) in [5.41, 5.74) is 1.52. The number of piperazine rings is 1. The van der Waals surface area contributed by atoms with Gasteiger partial charge in [-0.25, -0.2) is 4.39 Å². The average Bonchev–Trinajstić information content (AvgIpc) is 2.64. The van der Waals surface area contributed by atoms with Gasteiger partial charge in [0, 0.05) is 0 Å². The molecular formula is C19H22ClFN3O2+. The minimum atomic E-state index is -0.425. The first kappa shape index (κ1) is 18.5. The van der Waals surface area contributed by atoms with Crippen molar-refractivity contribution in [2.45, 2.75) is 0 Å². The van der Waals surface area contributed by atoms with E-state index >= 15 is 0 Å². The van der Waals surface area contributed by atoms with E-state index in [1.807, 2.05) is 24.3 Å². The van der Waals surface area contributed by atoms with Crippen LogP contribution in [0.15, 0.2) is 42.5 Å². The first-order valence-electron chi connectivity index (χ1n) is 8.53. The Hall–Kier alpha value is -2.31. The number of rotatable bonds is 5. The third kappa shape index (κ3) is 4.45. The molecule has 0 radical (unpaired) electrons. The Bertz CT molecular complexity index is 779. The van der Waals surface area contributed by atoms with E-state index in [-0.39, 0.29) is 10.9 Å². The van der Waals surface area contributed by atoms with Crippen LogP contribution in [0, 0.1) is 5.82 Å². The maximum Gasteiger partial charge on any atom is 0.279 e. The monoisotopic (exact) mass is 378 g/mol. The van der Waals surface area contributed by atoms with Gasteiger partial charge in [-0.2, -0.15) is 0 Å². The van der Waals surface area contributed by atoms with E-state index in [9.17, 15) is 9.18 Å². The van der Waals surface area contributed by atoms with Crippen molar-refractivity contribution in [1.82, 2.24) is 0 Å². The summed E-state index contributed by atoms with van der Waals surface area (Å²) in [7, 11) is 1.67. The van der Waals surface area contributed by atoms with Crippen LogP contribution in [-0.2, 0) is 4.79 Å². The molecule has 0 atom stereocenters. The SMILES string of the molecule is COc1ccccc1N1CC[NH+](CC(=O)Nc2ccc(F)cc2Cl)CC1. The van der Waals surface area contributed by atoms with Gasteiger partial charge in [0.2, 0.25) is 0 Å². The van der Waals surface area contributed by atoms with Crippen molar-refractivity contribution in [3.05, 3.63) is 53.3 Å². The van der Waals surface area contributed by atoms with E-state index in [1.54, 1.807) is 7.11 Å². The Kier molecular flexibility index (Phi) is 5.96. The van der Waals surface area contributed by atoms with Crippen molar-refractivity contribution in [3.63, 3.8) is 0 Å². The minimum Gasteiger partial charge on any atom is -0.495 e. The summed E-state index contributed by atoms with van der Waals surface area (Å²) in [6.45, 7) is 3.75. The summed E-state index contributed by atoms with van der Waals surface area (Å²) >= 11 is 5.95. The number of ether oxygens (including phenoxy) is 1. The number of quaternary nitrogens is 1. The third-order valence-corrected chi connectivity index (χ3v) is 4.82. The largest absolute Gasteiger partial charge is 0.495 e. The number of carbonyl (C=O) groups excluding carboxylic acids is 1. The van der Waals surface area contributed by atoms with Crippen LogP contribution >= 0.6 is 11.6 Å². The smallest absolute Gasteiger partial charge is 0.279 e. The molecule has 2 aromatic carbocycles. The molecule has 1 fully saturated rings. The lowest BCUT2D eigenvalue weighted by Gasteiger charge is -2.34. The van der Waals surface area contributed by atoms with Crippen LogP contribution in [0.3, 0.4) is 0 Å². The van der Waals surface area contributed by atoms with Crippen molar-refractivity contribution >= 4 is 28.9 Å². The molecule has 0 aromatic heterocycles. The van der Waals surface area contributed by atoms with Crippen LogP contribution in [0.5, 0.6) is 5.75 Å². The van der Waals surface area contributed by atoms with Crippen molar-refractivity contribution in [2.75, 3.05) is 50.1 Å². The van der Waals surface area contributed by atoms with Gasteiger partial charge in [0.15, 0.2) is 6.54 Å². The van der Waals surface area contributed by atoms with Gasteiger partial charge < -0.3 is 19.9 Å². The fraction of sp³-hybridized carbons (Fsp3) is 0.316. The molecule has 138 valence electrons. The predicted octanol–water partition coefficient (Wildman–Crippen LogP) is 1.83. The van der Waals surface area contributed by atoms with Gasteiger partial charge in [-0.1, -0.05) is 23.7 Å².